The first-order valence-corrected chi connectivity index (χ1v) is 10.1. The van der Waals surface area contributed by atoms with Crippen LogP contribution in [0.1, 0.15) is 12.5 Å². The predicted molar refractivity (Wildman–Crippen MR) is 115 cm³/mol. The van der Waals surface area contributed by atoms with Crippen LogP contribution in [0.2, 0.25) is 0 Å². The zero-order valence-corrected chi connectivity index (χ0v) is 17.1. The van der Waals surface area contributed by atoms with Gasteiger partial charge in [0.25, 0.3) is 0 Å². The van der Waals surface area contributed by atoms with Gasteiger partial charge in [-0.25, -0.2) is 9.37 Å². The highest BCUT2D eigenvalue weighted by molar-refractivity contribution is 5.64. The number of piperazine rings is 1. The molecule has 4 rings (SSSR count). The number of benzene rings is 2. The van der Waals surface area contributed by atoms with Gasteiger partial charge < -0.3 is 14.5 Å². The van der Waals surface area contributed by atoms with Gasteiger partial charge in [0.2, 0.25) is 5.82 Å². The van der Waals surface area contributed by atoms with Gasteiger partial charge in [-0.05, 0) is 48.4 Å². The second-order valence-corrected chi connectivity index (χ2v) is 7.16. The molecule has 1 saturated heterocycles. The van der Waals surface area contributed by atoms with Crippen LogP contribution in [-0.4, -0.2) is 41.1 Å². The Morgan fingerprint density at radius 3 is 2.26 bits per heavy atom. The van der Waals surface area contributed by atoms with Crippen molar-refractivity contribution in [2.24, 2.45) is 0 Å². The van der Waals surface area contributed by atoms with Gasteiger partial charge in [-0.1, -0.05) is 19.1 Å². The first-order valence-electron chi connectivity index (χ1n) is 10.1. The normalized spacial score (nSPS) is 13.9. The highest BCUT2D eigenvalue weighted by Crippen LogP contribution is 2.36. The van der Waals surface area contributed by atoms with Crippen molar-refractivity contribution in [3.8, 4) is 11.6 Å². The molecular formula is C22H22FN5O3. The molecule has 0 unspecified atom stereocenters. The Bertz CT molecular complexity index is 1050. The van der Waals surface area contributed by atoms with E-state index in [0.29, 0.717) is 31.9 Å². The van der Waals surface area contributed by atoms with Gasteiger partial charge in [0, 0.05) is 31.9 Å². The molecule has 2 heterocycles. The lowest BCUT2D eigenvalue weighted by atomic mass is 10.2. The van der Waals surface area contributed by atoms with Crippen molar-refractivity contribution < 1.29 is 14.1 Å². The molecule has 1 fully saturated rings. The molecule has 1 aromatic heterocycles. The average molecular weight is 423 g/mol. The number of aromatic nitrogens is 2. The van der Waals surface area contributed by atoms with Crippen LogP contribution in [0.15, 0.2) is 54.9 Å². The molecule has 0 amide bonds. The summed E-state index contributed by atoms with van der Waals surface area (Å²) in [7, 11) is 0. The molecule has 0 N–H and O–H groups in total. The quantitative estimate of drug-likeness (QED) is 0.434. The number of nitrogens with zero attached hydrogens (tertiary/aromatic N) is 5. The molecule has 0 atom stereocenters. The van der Waals surface area contributed by atoms with Crippen molar-refractivity contribution in [2.75, 3.05) is 36.0 Å². The predicted octanol–water partition coefficient (Wildman–Crippen LogP) is 4.21. The van der Waals surface area contributed by atoms with Gasteiger partial charge in [0.1, 0.15) is 17.9 Å². The fourth-order valence-corrected chi connectivity index (χ4v) is 3.55. The van der Waals surface area contributed by atoms with Crippen LogP contribution in [0.3, 0.4) is 0 Å². The smallest absolute Gasteiger partial charge is 0.373 e. The highest BCUT2D eigenvalue weighted by Gasteiger charge is 2.30. The molecule has 0 spiro atoms. The van der Waals surface area contributed by atoms with Gasteiger partial charge in [0.05, 0.1) is 4.92 Å². The lowest BCUT2D eigenvalue weighted by molar-refractivity contribution is -0.385. The topological polar surface area (TPSA) is 84.6 Å². The lowest BCUT2D eigenvalue weighted by Gasteiger charge is -2.36. The molecule has 1 aliphatic heterocycles. The fraction of sp³-hybridized carbons (Fsp3) is 0.273. The van der Waals surface area contributed by atoms with E-state index in [2.05, 4.69) is 14.9 Å². The number of rotatable bonds is 6. The molecule has 9 heteroatoms. The molecular weight excluding hydrogens is 401 g/mol. The number of halogens is 1. The van der Waals surface area contributed by atoms with Crippen molar-refractivity contribution >= 4 is 17.2 Å². The number of hydrogen-bond donors (Lipinski definition) is 0. The first-order chi connectivity index (χ1) is 15.0. The fourth-order valence-electron chi connectivity index (χ4n) is 3.55. The van der Waals surface area contributed by atoms with Crippen LogP contribution in [-0.2, 0) is 6.42 Å². The summed E-state index contributed by atoms with van der Waals surface area (Å²) < 4.78 is 18.9. The third kappa shape index (κ3) is 4.55. The summed E-state index contributed by atoms with van der Waals surface area (Å²) in [6, 6.07) is 13.7. The van der Waals surface area contributed by atoms with Gasteiger partial charge >= 0.3 is 11.6 Å². The van der Waals surface area contributed by atoms with E-state index in [1.54, 1.807) is 24.3 Å². The van der Waals surface area contributed by atoms with Crippen molar-refractivity contribution in [1.29, 1.82) is 0 Å². The van der Waals surface area contributed by atoms with E-state index in [1.807, 2.05) is 24.0 Å². The van der Waals surface area contributed by atoms with Crippen LogP contribution in [0.5, 0.6) is 11.6 Å². The molecule has 1 aliphatic rings. The Balaban J connectivity index is 1.53. The maximum Gasteiger partial charge on any atom is 0.373 e. The van der Waals surface area contributed by atoms with E-state index in [0.717, 1.165) is 17.7 Å². The van der Waals surface area contributed by atoms with Crippen LogP contribution in [0.4, 0.5) is 21.6 Å². The minimum Gasteiger partial charge on any atom is -0.434 e. The summed E-state index contributed by atoms with van der Waals surface area (Å²) >= 11 is 0. The van der Waals surface area contributed by atoms with E-state index in [1.165, 1.54) is 18.5 Å². The molecule has 8 nitrogen and oxygen atoms in total. The number of anilines is 2. The van der Waals surface area contributed by atoms with Crippen LogP contribution in [0, 0.1) is 15.9 Å². The van der Waals surface area contributed by atoms with Gasteiger partial charge in [-0.3, -0.25) is 10.1 Å². The Morgan fingerprint density at radius 1 is 1.00 bits per heavy atom. The SMILES string of the molecule is CCc1ccc(Oc2ncnc(N3CCN(c4ccc(F)cc4)CC3)c2[N+](=O)[O-])cc1. The summed E-state index contributed by atoms with van der Waals surface area (Å²) in [4.78, 5) is 23.5. The molecule has 0 radical (unpaired) electrons. The van der Waals surface area contributed by atoms with Crippen molar-refractivity contribution in [2.45, 2.75) is 13.3 Å². The highest BCUT2D eigenvalue weighted by atomic mass is 19.1. The van der Waals surface area contributed by atoms with Gasteiger partial charge in [-0.2, -0.15) is 4.98 Å². The molecule has 2 aromatic carbocycles. The Hall–Kier alpha value is -3.75. The largest absolute Gasteiger partial charge is 0.434 e. The molecule has 31 heavy (non-hydrogen) atoms. The second kappa shape index (κ2) is 8.95. The standard InChI is InChI=1S/C22H22FN5O3/c1-2-16-3-9-19(10-4-16)31-22-20(28(29)30)21(24-15-25-22)27-13-11-26(12-14-27)18-7-5-17(23)6-8-18/h3-10,15H,2,11-14H2,1H3. The van der Waals surface area contributed by atoms with Crippen molar-refractivity contribution in [1.82, 2.24) is 9.97 Å². The second-order valence-electron chi connectivity index (χ2n) is 7.16. The van der Waals surface area contributed by atoms with Gasteiger partial charge in [0.15, 0.2) is 0 Å². The minimum absolute atomic E-state index is 0.0831. The summed E-state index contributed by atoms with van der Waals surface area (Å²) in [5.74, 6) is 0.348. The van der Waals surface area contributed by atoms with E-state index in [9.17, 15) is 14.5 Å². The van der Waals surface area contributed by atoms with E-state index < -0.39 is 4.92 Å². The molecule has 3 aromatic rings. The number of hydrogen-bond acceptors (Lipinski definition) is 7. The minimum atomic E-state index is -0.503. The third-order valence-corrected chi connectivity index (χ3v) is 5.27. The molecule has 0 aliphatic carbocycles. The first kappa shape index (κ1) is 20.5. The maximum atomic E-state index is 13.2. The molecule has 160 valence electrons. The Morgan fingerprint density at radius 2 is 1.65 bits per heavy atom. The number of ether oxygens (including phenoxy) is 1. The Kier molecular flexibility index (Phi) is 5.92. The third-order valence-electron chi connectivity index (χ3n) is 5.27. The molecule has 0 saturated carbocycles. The lowest BCUT2D eigenvalue weighted by Crippen LogP contribution is -2.47. The summed E-state index contributed by atoms with van der Waals surface area (Å²) in [6.07, 6.45) is 2.17. The zero-order chi connectivity index (χ0) is 21.8. The molecule has 0 bridgehead atoms. The summed E-state index contributed by atoms with van der Waals surface area (Å²) in [5.41, 5.74) is 1.80. The Labute approximate surface area is 179 Å². The van der Waals surface area contributed by atoms with E-state index >= 15 is 0 Å². The van der Waals surface area contributed by atoms with Crippen molar-refractivity contribution in [3.05, 3.63) is 76.4 Å². The zero-order valence-electron chi connectivity index (χ0n) is 17.1. The summed E-state index contributed by atoms with van der Waals surface area (Å²) in [6.45, 7) is 4.36. The average Bonchev–Trinajstić information content (AvgIpc) is 2.80. The van der Waals surface area contributed by atoms with Crippen LogP contribution < -0.4 is 14.5 Å². The van der Waals surface area contributed by atoms with Crippen LogP contribution >= 0.6 is 0 Å². The monoisotopic (exact) mass is 423 g/mol. The maximum absolute atomic E-state index is 13.2. The number of aryl methyl sites for hydroxylation is 1. The summed E-state index contributed by atoms with van der Waals surface area (Å²) in [5, 5.41) is 11.9. The van der Waals surface area contributed by atoms with Crippen LogP contribution in [0.25, 0.3) is 0 Å². The van der Waals surface area contributed by atoms with E-state index in [4.69, 9.17) is 4.74 Å². The van der Waals surface area contributed by atoms with Gasteiger partial charge in [-0.15, -0.1) is 0 Å². The number of nitro groups is 1. The van der Waals surface area contributed by atoms with E-state index in [-0.39, 0.29) is 23.2 Å². The van der Waals surface area contributed by atoms with Crippen molar-refractivity contribution in [3.63, 3.8) is 0 Å².